The van der Waals surface area contributed by atoms with Crippen LogP contribution in [0.4, 0.5) is 0 Å². The summed E-state index contributed by atoms with van der Waals surface area (Å²) in [6, 6.07) is 12.8. The van der Waals surface area contributed by atoms with Crippen molar-refractivity contribution in [2.75, 3.05) is 26.7 Å². The van der Waals surface area contributed by atoms with Gasteiger partial charge in [-0.05, 0) is 48.4 Å². The molecule has 1 saturated heterocycles. The molecule has 0 saturated carbocycles. The second kappa shape index (κ2) is 6.67. The lowest BCUT2D eigenvalue weighted by atomic mass is 9.87. The summed E-state index contributed by atoms with van der Waals surface area (Å²) in [6.07, 6.45) is 1.25. The van der Waals surface area contributed by atoms with Gasteiger partial charge in [-0.25, -0.2) is 0 Å². The molecular weight excluding hydrogens is 272 g/mol. The Hall–Kier alpha value is -1.58. The Labute approximate surface area is 133 Å². The van der Waals surface area contributed by atoms with Crippen LogP contribution in [0.25, 0.3) is 10.8 Å². The Bertz CT molecular complexity index is 640. The number of methoxy groups -OCH3 is 1. The summed E-state index contributed by atoms with van der Waals surface area (Å²) in [4.78, 5) is 2.55. The molecule has 1 aliphatic rings. The third-order valence-corrected chi connectivity index (χ3v) is 5.09. The van der Waals surface area contributed by atoms with E-state index in [4.69, 9.17) is 10.5 Å². The molecule has 0 amide bonds. The van der Waals surface area contributed by atoms with Gasteiger partial charge in [-0.15, -0.1) is 0 Å². The maximum absolute atomic E-state index is 5.93. The van der Waals surface area contributed by atoms with E-state index in [2.05, 4.69) is 48.2 Å². The normalized spacial score (nSPS) is 22.9. The van der Waals surface area contributed by atoms with E-state index in [0.717, 1.165) is 37.8 Å². The van der Waals surface area contributed by atoms with Gasteiger partial charge < -0.3 is 10.5 Å². The average Bonchev–Trinajstić information content (AvgIpc) is 2.57. The predicted molar refractivity (Wildman–Crippen MR) is 92.1 cm³/mol. The highest BCUT2D eigenvalue weighted by Crippen LogP contribution is 2.30. The van der Waals surface area contributed by atoms with Crippen LogP contribution in [0, 0.1) is 11.8 Å². The Morgan fingerprint density at radius 3 is 2.68 bits per heavy atom. The van der Waals surface area contributed by atoms with Gasteiger partial charge in [0.2, 0.25) is 0 Å². The van der Waals surface area contributed by atoms with E-state index in [9.17, 15) is 0 Å². The van der Waals surface area contributed by atoms with Gasteiger partial charge >= 0.3 is 0 Å². The monoisotopic (exact) mass is 298 g/mol. The van der Waals surface area contributed by atoms with E-state index in [1.54, 1.807) is 7.11 Å². The van der Waals surface area contributed by atoms with Crippen molar-refractivity contribution in [3.63, 3.8) is 0 Å². The van der Waals surface area contributed by atoms with Crippen LogP contribution in [0.5, 0.6) is 5.75 Å². The van der Waals surface area contributed by atoms with Crippen LogP contribution in [-0.4, -0.2) is 31.6 Å². The van der Waals surface area contributed by atoms with Crippen LogP contribution in [0.3, 0.4) is 0 Å². The molecule has 0 spiro atoms. The molecule has 1 heterocycles. The average molecular weight is 298 g/mol. The number of nitrogens with zero attached hydrogens (tertiary/aromatic N) is 1. The van der Waals surface area contributed by atoms with Gasteiger partial charge in [0.1, 0.15) is 5.75 Å². The Kier molecular flexibility index (Phi) is 4.65. The van der Waals surface area contributed by atoms with Gasteiger partial charge in [-0.1, -0.05) is 37.3 Å². The first-order valence-corrected chi connectivity index (χ1v) is 8.20. The fraction of sp³-hybridized carbons (Fsp3) is 0.474. The second-order valence-corrected chi connectivity index (χ2v) is 6.47. The lowest BCUT2D eigenvalue weighted by molar-refractivity contribution is 0.126. The summed E-state index contributed by atoms with van der Waals surface area (Å²) in [5, 5.41) is 2.49. The number of fused-ring (bicyclic) bond motifs is 1. The maximum atomic E-state index is 5.93. The van der Waals surface area contributed by atoms with Crippen LogP contribution in [0.2, 0.25) is 0 Å². The summed E-state index contributed by atoms with van der Waals surface area (Å²) < 4.78 is 5.49. The fourth-order valence-corrected chi connectivity index (χ4v) is 3.57. The van der Waals surface area contributed by atoms with Gasteiger partial charge in [0.05, 0.1) is 7.11 Å². The van der Waals surface area contributed by atoms with Gasteiger partial charge in [-0.2, -0.15) is 0 Å². The van der Waals surface area contributed by atoms with E-state index in [-0.39, 0.29) is 0 Å². The molecule has 3 heteroatoms. The second-order valence-electron chi connectivity index (χ2n) is 6.47. The minimum atomic E-state index is 0.623. The molecule has 2 atom stereocenters. The molecule has 118 valence electrons. The van der Waals surface area contributed by atoms with Crippen molar-refractivity contribution in [2.24, 2.45) is 17.6 Å². The highest BCUT2D eigenvalue weighted by molar-refractivity contribution is 5.91. The molecule has 0 radical (unpaired) electrons. The molecule has 2 aromatic carbocycles. The minimum Gasteiger partial charge on any atom is -0.496 e. The van der Waals surface area contributed by atoms with Crippen LogP contribution >= 0.6 is 0 Å². The Morgan fingerprint density at radius 2 is 1.95 bits per heavy atom. The standard InChI is InChI=1S/C19H26N2O/c1-14-9-10-21(13-16(14)11-20)12-15-7-8-19(22-2)18-6-4-3-5-17(15)18/h3-8,14,16H,9-13,20H2,1-2H3. The van der Waals surface area contributed by atoms with Crippen LogP contribution in [-0.2, 0) is 6.54 Å². The first-order valence-electron chi connectivity index (χ1n) is 8.20. The molecule has 2 unspecified atom stereocenters. The molecule has 2 N–H and O–H groups in total. The number of piperidine rings is 1. The lowest BCUT2D eigenvalue weighted by Gasteiger charge is -2.36. The smallest absolute Gasteiger partial charge is 0.126 e. The minimum absolute atomic E-state index is 0.623. The largest absolute Gasteiger partial charge is 0.496 e. The number of nitrogens with two attached hydrogens (primary N) is 1. The van der Waals surface area contributed by atoms with E-state index in [1.165, 1.54) is 22.8 Å². The summed E-state index contributed by atoms with van der Waals surface area (Å²) in [6.45, 7) is 6.39. The molecule has 2 aromatic rings. The molecule has 0 bridgehead atoms. The lowest BCUT2D eigenvalue weighted by Crippen LogP contribution is -2.42. The van der Waals surface area contributed by atoms with E-state index >= 15 is 0 Å². The van der Waals surface area contributed by atoms with Crippen molar-refractivity contribution >= 4 is 10.8 Å². The summed E-state index contributed by atoms with van der Waals surface area (Å²) in [5.41, 5.74) is 7.31. The van der Waals surface area contributed by atoms with Crippen LogP contribution < -0.4 is 10.5 Å². The number of rotatable bonds is 4. The van der Waals surface area contributed by atoms with Crippen molar-refractivity contribution < 1.29 is 4.74 Å². The predicted octanol–water partition coefficient (Wildman–Crippen LogP) is 3.27. The van der Waals surface area contributed by atoms with Crippen molar-refractivity contribution in [1.82, 2.24) is 4.90 Å². The number of hydrogen-bond acceptors (Lipinski definition) is 3. The molecule has 3 rings (SSSR count). The number of ether oxygens (including phenoxy) is 1. The van der Waals surface area contributed by atoms with Crippen LogP contribution in [0.1, 0.15) is 18.9 Å². The summed E-state index contributed by atoms with van der Waals surface area (Å²) >= 11 is 0. The Morgan fingerprint density at radius 1 is 1.18 bits per heavy atom. The van der Waals surface area contributed by atoms with Crippen molar-refractivity contribution in [3.8, 4) is 5.75 Å². The molecule has 3 nitrogen and oxygen atoms in total. The SMILES string of the molecule is COc1ccc(CN2CCC(C)C(CN)C2)c2ccccc12. The first kappa shape index (κ1) is 15.3. The summed E-state index contributed by atoms with van der Waals surface area (Å²) in [7, 11) is 1.74. The third-order valence-electron chi connectivity index (χ3n) is 5.09. The number of hydrogen-bond donors (Lipinski definition) is 1. The number of likely N-dealkylation sites (tertiary alicyclic amines) is 1. The van der Waals surface area contributed by atoms with Gasteiger partial charge in [-0.3, -0.25) is 4.90 Å². The van der Waals surface area contributed by atoms with E-state index in [1.807, 2.05) is 0 Å². The van der Waals surface area contributed by atoms with Gasteiger partial charge in [0.15, 0.2) is 0 Å². The van der Waals surface area contributed by atoms with E-state index in [0.29, 0.717) is 5.92 Å². The topological polar surface area (TPSA) is 38.5 Å². The van der Waals surface area contributed by atoms with E-state index < -0.39 is 0 Å². The molecule has 1 fully saturated rings. The van der Waals surface area contributed by atoms with Crippen LogP contribution in [0.15, 0.2) is 36.4 Å². The zero-order valence-corrected chi connectivity index (χ0v) is 13.6. The van der Waals surface area contributed by atoms with Crippen molar-refractivity contribution in [1.29, 1.82) is 0 Å². The molecule has 22 heavy (non-hydrogen) atoms. The first-order chi connectivity index (χ1) is 10.7. The highest BCUT2D eigenvalue weighted by atomic mass is 16.5. The van der Waals surface area contributed by atoms with Crippen molar-refractivity contribution in [3.05, 3.63) is 42.0 Å². The zero-order valence-electron chi connectivity index (χ0n) is 13.6. The fourth-order valence-electron chi connectivity index (χ4n) is 3.57. The third kappa shape index (κ3) is 2.96. The quantitative estimate of drug-likeness (QED) is 0.941. The van der Waals surface area contributed by atoms with Crippen molar-refractivity contribution in [2.45, 2.75) is 19.9 Å². The van der Waals surface area contributed by atoms with Gasteiger partial charge in [0.25, 0.3) is 0 Å². The number of benzene rings is 2. The Balaban J connectivity index is 1.85. The zero-order chi connectivity index (χ0) is 15.5. The molecule has 1 aliphatic heterocycles. The molecule has 0 aromatic heterocycles. The maximum Gasteiger partial charge on any atom is 0.126 e. The molecule has 0 aliphatic carbocycles. The highest BCUT2D eigenvalue weighted by Gasteiger charge is 2.25. The summed E-state index contributed by atoms with van der Waals surface area (Å²) in [5.74, 6) is 2.32. The van der Waals surface area contributed by atoms with Gasteiger partial charge in [0, 0.05) is 18.5 Å². The molecular formula is C19H26N2O.